The Kier molecular flexibility index (Phi) is 2.81. The monoisotopic (exact) mass is 464 g/mol. The normalized spacial score (nSPS) is 13.0. The van der Waals surface area contributed by atoms with Gasteiger partial charge in [-0.15, -0.1) is 68.0 Å². The van der Waals surface area contributed by atoms with Gasteiger partial charge in [0.25, 0.3) is 0 Å². The summed E-state index contributed by atoms with van der Waals surface area (Å²) < 4.78 is 14.4. The molecule has 0 nitrogen and oxygen atoms in total. The lowest BCUT2D eigenvalue weighted by molar-refractivity contribution is 2.15. The Morgan fingerprint density at radius 1 is 0.393 bits per heavy atom. The second-order valence-electron chi connectivity index (χ2n) is 6.98. The minimum absolute atomic E-state index is 1.42. The highest BCUT2D eigenvalue weighted by Crippen LogP contribution is 2.49. The first-order chi connectivity index (χ1) is 13.8. The van der Waals surface area contributed by atoms with E-state index in [1.54, 1.807) is 0 Å². The maximum absolute atomic E-state index is 2.44. The van der Waals surface area contributed by atoms with E-state index in [9.17, 15) is 0 Å². The molecule has 0 aliphatic heterocycles. The van der Waals surface area contributed by atoms with Gasteiger partial charge in [-0.3, -0.25) is 0 Å². The van der Waals surface area contributed by atoms with Crippen molar-refractivity contribution in [3.63, 3.8) is 0 Å². The smallest absolute Gasteiger partial charge is 0.0542 e. The van der Waals surface area contributed by atoms with Crippen LogP contribution in [0.1, 0.15) is 0 Å². The fourth-order valence-electron chi connectivity index (χ4n) is 4.22. The van der Waals surface area contributed by atoms with Crippen molar-refractivity contribution in [1.82, 2.24) is 0 Å². The second kappa shape index (κ2) is 5.14. The van der Waals surface area contributed by atoms with E-state index in [0.29, 0.717) is 0 Å². The van der Waals surface area contributed by atoms with Gasteiger partial charge in [0, 0.05) is 49.7 Å². The average molecular weight is 465 g/mol. The van der Waals surface area contributed by atoms with E-state index in [1.165, 1.54) is 68.5 Å². The lowest BCUT2D eigenvalue weighted by Crippen LogP contribution is -1.64. The number of hydrogen-bond acceptors (Lipinski definition) is 6. The molecule has 0 fully saturated rings. The van der Waals surface area contributed by atoms with Crippen LogP contribution in [-0.2, 0) is 0 Å². The molecule has 6 aromatic heterocycles. The van der Waals surface area contributed by atoms with Crippen molar-refractivity contribution < 1.29 is 0 Å². The molecule has 6 heteroatoms. The van der Waals surface area contributed by atoms with Crippen LogP contribution in [-0.4, -0.2) is 0 Å². The van der Waals surface area contributed by atoms with Crippen molar-refractivity contribution in [3.8, 4) is 0 Å². The molecule has 8 aromatic rings. The first-order valence-electron chi connectivity index (χ1n) is 8.82. The summed E-state index contributed by atoms with van der Waals surface area (Å²) in [4.78, 5) is 0. The zero-order chi connectivity index (χ0) is 18.0. The van der Waals surface area contributed by atoms with Gasteiger partial charge in [-0.05, 0) is 47.2 Å². The zero-order valence-electron chi connectivity index (χ0n) is 14.1. The van der Waals surface area contributed by atoms with Gasteiger partial charge in [-0.1, -0.05) is 0 Å². The second-order valence-corrected chi connectivity index (χ2v) is 13.1. The highest BCUT2D eigenvalue weighted by molar-refractivity contribution is 7.37. The fourth-order valence-corrected chi connectivity index (χ4v) is 11.4. The minimum Gasteiger partial charge on any atom is -0.142 e. The molecule has 0 saturated carbocycles. The third kappa shape index (κ3) is 1.80. The molecular formula is C22H8S6. The summed E-state index contributed by atoms with van der Waals surface area (Å²) in [6, 6.07) is 14.3. The van der Waals surface area contributed by atoms with Gasteiger partial charge >= 0.3 is 0 Å². The van der Waals surface area contributed by atoms with Crippen LogP contribution < -0.4 is 0 Å². The average Bonchev–Trinajstić information content (AvgIpc) is 3.47. The number of benzene rings is 2. The number of thiophene rings is 6. The summed E-state index contributed by atoms with van der Waals surface area (Å²) in [6.07, 6.45) is 0. The van der Waals surface area contributed by atoms with Crippen molar-refractivity contribution in [1.29, 1.82) is 0 Å². The van der Waals surface area contributed by atoms with Crippen molar-refractivity contribution in [2.75, 3.05) is 0 Å². The van der Waals surface area contributed by atoms with Gasteiger partial charge in [-0.2, -0.15) is 0 Å². The van der Waals surface area contributed by atoms with Crippen LogP contribution in [0.3, 0.4) is 0 Å². The maximum atomic E-state index is 2.44. The molecule has 28 heavy (non-hydrogen) atoms. The Balaban J connectivity index is 1.53. The number of hydrogen-bond donors (Lipinski definition) is 0. The molecular weight excluding hydrogens is 457 g/mol. The standard InChI is InChI=1S/C22H8S6/c1-3-23-19-9-5-17-11(7-15(9)25-13(1)19)21-22(27-17)12-8-16-10(6-18(12)28-21)20-14(26-16)2-4-24-20/h1-8H. The summed E-state index contributed by atoms with van der Waals surface area (Å²) in [5, 5.41) is 10.2. The van der Waals surface area contributed by atoms with Gasteiger partial charge in [0.05, 0.1) is 18.8 Å². The molecule has 0 radical (unpaired) electrons. The molecule has 0 amide bonds. The number of fused-ring (bicyclic) bond motifs is 11. The van der Waals surface area contributed by atoms with Gasteiger partial charge in [0.1, 0.15) is 0 Å². The van der Waals surface area contributed by atoms with Gasteiger partial charge < -0.3 is 0 Å². The summed E-state index contributed by atoms with van der Waals surface area (Å²) in [5.41, 5.74) is 0. The third-order valence-corrected chi connectivity index (χ3v) is 12.4. The van der Waals surface area contributed by atoms with E-state index in [1.807, 2.05) is 68.0 Å². The predicted octanol–water partition coefficient (Wildman–Crippen LogP) is 10.1. The first-order valence-corrected chi connectivity index (χ1v) is 13.8. The molecule has 0 aliphatic rings. The van der Waals surface area contributed by atoms with Gasteiger partial charge in [-0.25, -0.2) is 0 Å². The molecule has 2 aromatic carbocycles. The molecule has 0 aliphatic carbocycles. The van der Waals surface area contributed by atoms with Gasteiger partial charge in [0.2, 0.25) is 0 Å². The van der Waals surface area contributed by atoms with Crippen LogP contribution >= 0.6 is 68.0 Å². The van der Waals surface area contributed by atoms with Crippen LogP contribution in [0.25, 0.3) is 68.5 Å². The van der Waals surface area contributed by atoms with Crippen molar-refractivity contribution in [3.05, 3.63) is 47.2 Å². The van der Waals surface area contributed by atoms with Crippen LogP contribution in [0.5, 0.6) is 0 Å². The minimum atomic E-state index is 1.42. The van der Waals surface area contributed by atoms with Crippen LogP contribution in [0.2, 0.25) is 0 Å². The topological polar surface area (TPSA) is 0 Å². The van der Waals surface area contributed by atoms with Crippen molar-refractivity contribution >= 4 is 137 Å². The molecule has 0 saturated heterocycles. The lowest BCUT2D eigenvalue weighted by atomic mass is 10.2. The highest BCUT2D eigenvalue weighted by Gasteiger charge is 2.17. The predicted molar refractivity (Wildman–Crippen MR) is 136 cm³/mol. The van der Waals surface area contributed by atoms with Crippen molar-refractivity contribution in [2.45, 2.75) is 0 Å². The summed E-state index contributed by atoms with van der Waals surface area (Å²) in [5.74, 6) is 0. The number of rotatable bonds is 0. The fraction of sp³-hybridized carbons (Fsp3) is 0. The third-order valence-electron chi connectivity index (χ3n) is 5.47. The largest absolute Gasteiger partial charge is 0.142 e. The molecule has 0 unspecified atom stereocenters. The molecule has 0 N–H and O–H groups in total. The van der Waals surface area contributed by atoms with Crippen molar-refractivity contribution in [2.24, 2.45) is 0 Å². The van der Waals surface area contributed by atoms with Crippen LogP contribution in [0.15, 0.2) is 47.2 Å². The van der Waals surface area contributed by atoms with Gasteiger partial charge in [0.15, 0.2) is 0 Å². The summed E-state index contributed by atoms with van der Waals surface area (Å²) in [6.45, 7) is 0. The summed E-state index contributed by atoms with van der Waals surface area (Å²) in [7, 11) is 0. The molecule has 8 rings (SSSR count). The Morgan fingerprint density at radius 3 is 1.25 bits per heavy atom. The lowest BCUT2D eigenvalue weighted by Gasteiger charge is -1.94. The van der Waals surface area contributed by atoms with Crippen LogP contribution in [0.4, 0.5) is 0 Å². The molecule has 0 bridgehead atoms. The van der Waals surface area contributed by atoms with E-state index in [4.69, 9.17) is 0 Å². The Labute approximate surface area is 182 Å². The maximum Gasteiger partial charge on any atom is 0.0542 e. The molecule has 0 atom stereocenters. The van der Waals surface area contributed by atoms with E-state index < -0.39 is 0 Å². The van der Waals surface area contributed by atoms with E-state index in [-0.39, 0.29) is 0 Å². The quantitative estimate of drug-likeness (QED) is 0.209. The Bertz CT molecular complexity index is 1730. The molecule has 132 valence electrons. The van der Waals surface area contributed by atoms with E-state index in [2.05, 4.69) is 47.2 Å². The van der Waals surface area contributed by atoms with E-state index >= 15 is 0 Å². The molecule has 6 heterocycles. The Morgan fingerprint density at radius 2 is 0.786 bits per heavy atom. The van der Waals surface area contributed by atoms with Crippen LogP contribution in [0, 0.1) is 0 Å². The molecule has 0 spiro atoms. The zero-order valence-corrected chi connectivity index (χ0v) is 19.0. The SMILES string of the molecule is c1cc2sc3cc4c(cc3c2s1)sc1c2cc3sc5ccsc5c3cc2sc41. The summed E-state index contributed by atoms with van der Waals surface area (Å²) >= 11 is 11.5. The Hall–Kier alpha value is -1.54. The highest BCUT2D eigenvalue weighted by atomic mass is 32.1. The first kappa shape index (κ1) is 15.3. The van der Waals surface area contributed by atoms with E-state index in [0.717, 1.165) is 0 Å².